The van der Waals surface area contributed by atoms with Gasteiger partial charge in [-0.05, 0) is 30.4 Å². The third-order valence-corrected chi connectivity index (χ3v) is 3.31. The highest BCUT2D eigenvalue weighted by molar-refractivity contribution is 5.67. The number of hydrogen-bond donors (Lipinski definition) is 3. The first-order valence-electron chi connectivity index (χ1n) is 7.14. The number of hydrogen-bond acceptors (Lipinski definition) is 3. The van der Waals surface area contributed by atoms with E-state index in [1.807, 2.05) is 30.3 Å². The smallest absolute Gasteiger partial charge is 0.303 e. The molecule has 0 heterocycles. The summed E-state index contributed by atoms with van der Waals surface area (Å²) in [4.78, 5) is 10.9. The molecule has 0 aliphatic rings. The maximum atomic E-state index is 10.9. The summed E-state index contributed by atoms with van der Waals surface area (Å²) in [5.41, 5.74) is 1.02. The van der Waals surface area contributed by atoms with Crippen molar-refractivity contribution in [3.8, 4) is 0 Å². The molecule has 0 saturated carbocycles. The zero-order valence-corrected chi connectivity index (χ0v) is 12.2. The first kappa shape index (κ1) is 16.7. The summed E-state index contributed by atoms with van der Waals surface area (Å²) in [5.74, 6) is -0.214. The largest absolute Gasteiger partial charge is 0.481 e. The summed E-state index contributed by atoms with van der Waals surface area (Å²) < 4.78 is 0. The van der Waals surface area contributed by atoms with Crippen LogP contribution in [-0.2, 0) is 4.79 Å². The van der Waals surface area contributed by atoms with E-state index >= 15 is 0 Å². The average Bonchev–Trinajstić information content (AvgIpc) is 2.39. The Labute approximate surface area is 120 Å². The predicted molar refractivity (Wildman–Crippen MR) is 79.5 cm³/mol. The highest BCUT2D eigenvalue weighted by Gasteiger charge is 2.17. The van der Waals surface area contributed by atoms with Crippen LogP contribution in [0, 0.1) is 11.8 Å². The van der Waals surface area contributed by atoms with Gasteiger partial charge in [-0.3, -0.25) is 4.79 Å². The molecule has 112 valence electrons. The summed E-state index contributed by atoms with van der Waals surface area (Å²) in [7, 11) is 0. The quantitative estimate of drug-likeness (QED) is 0.649. The van der Waals surface area contributed by atoms with E-state index in [4.69, 9.17) is 5.11 Å². The third kappa shape index (κ3) is 6.17. The molecule has 4 nitrogen and oxygen atoms in total. The number of nitrogens with one attached hydrogen (secondary N) is 1. The lowest BCUT2D eigenvalue weighted by Crippen LogP contribution is -2.31. The molecule has 0 bridgehead atoms. The van der Waals surface area contributed by atoms with Crippen LogP contribution in [0.3, 0.4) is 0 Å². The van der Waals surface area contributed by atoms with Crippen LogP contribution >= 0.6 is 0 Å². The van der Waals surface area contributed by atoms with E-state index in [2.05, 4.69) is 19.2 Å². The van der Waals surface area contributed by atoms with Gasteiger partial charge < -0.3 is 15.5 Å². The van der Waals surface area contributed by atoms with Crippen LogP contribution in [-0.4, -0.2) is 29.3 Å². The Morgan fingerprint density at radius 2 is 1.90 bits per heavy atom. The van der Waals surface area contributed by atoms with E-state index in [9.17, 15) is 9.90 Å². The van der Waals surface area contributed by atoms with Crippen molar-refractivity contribution in [3.63, 3.8) is 0 Å². The van der Waals surface area contributed by atoms with Crippen LogP contribution in [0.4, 0.5) is 0 Å². The molecule has 0 saturated heterocycles. The third-order valence-electron chi connectivity index (χ3n) is 3.31. The van der Waals surface area contributed by atoms with E-state index in [1.54, 1.807) is 0 Å². The number of carbonyl (C=O) groups is 1. The van der Waals surface area contributed by atoms with Crippen molar-refractivity contribution < 1.29 is 15.0 Å². The van der Waals surface area contributed by atoms with Gasteiger partial charge in [0.25, 0.3) is 0 Å². The summed E-state index contributed by atoms with van der Waals surface area (Å²) in [6, 6.07) is 9.58. The molecule has 1 aromatic rings. The maximum Gasteiger partial charge on any atom is 0.303 e. The summed E-state index contributed by atoms with van der Waals surface area (Å²) in [5, 5.41) is 21.7. The van der Waals surface area contributed by atoms with Gasteiger partial charge in [-0.2, -0.15) is 0 Å². The zero-order chi connectivity index (χ0) is 15.0. The summed E-state index contributed by atoms with van der Waals surface area (Å²) >= 11 is 0. The van der Waals surface area contributed by atoms with Gasteiger partial charge in [-0.15, -0.1) is 0 Å². The normalized spacial score (nSPS) is 14.2. The van der Waals surface area contributed by atoms with Crippen LogP contribution < -0.4 is 5.32 Å². The van der Waals surface area contributed by atoms with Crippen molar-refractivity contribution >= 4 is 5.97 Å². The number of aliphatic hydroxyl groups is 1. The first-order valence-corrected chi connectivity index (χ1v) is 7.14. The van der Waals surface area contributed by atoms with Crippen molar-refractivity contribution in [2.45, 2.75) is 32.7 Å². The average molecular weight is 279 g/mol. The van der Waals surface area contributed by atoms with Crippen LogP contribution in [0.25, 0.3) is 0 Å². The van der Waals surface area contributed by atoms with Crippen molar-refractivity contribution in [2.75, 3.05) is 13.2 Å². The lowest BCUT2D eigenvalue weighted by atomic mass is 9.93. The van der Waals surface area contributed by atoms with Gasteiger partial charge in [0.05, 0.1) is 12.6 Å². The molecule has 0 radical (unpaired) electrons. The van der Waals surface area contributed by atoms with E-state index in [1.165, 1.54) is 0 Å². The SMILES string of the molecule is CC(C)CC(CNC(CO)c1ccccc1)CC(=O)O. The van der Waals surface area contributed by atoms with Gasteiger partial charge in [-0.25, -0.2) is 0 Å². The summed E-state index contributed by atoms with van der Waals surface area (Å²) in [6.45, 7) is 4.79. The Bertz CT molecular complexity index is 392. The molecule has 0 aromatic heterocycles. The number of carboxylic acid groups (broad SMARTS) is 1. The van der Waals surface area contributed by atoms with Gasteiger partial charge in [0.15, 0.2) is 0 Å². The fourth-order valence-electron chi connectivity index (χ4n) is 2.43. The molecule has 0 amide bonds. The molecule has 1 aromatic carbocycles. The standard InChI is InChI=1S/C16H25NO3/c1-12(2)8-13(9-16(19)20)10-17-15(11-18)14-6-4-3-5-7-14/h3-7,12-13,15,17-18H,8-11H2,1-2H3,(H,19,20). The second-order valence-corrected chi connectivity index (χ2v) is 5.65. The second-order valence-electron chi connectivity index (χ2n) is 5.65. The maximum absolute atomic E-state index is 10.9. The molecule has 0 spiro atoms. The second kappa shape index (κ2) is 8.72. The lowest BCUT2D eigenvalue weighted by Gasteiger charge is -2.22. The van der Waals surface area contributed by atoms with Crippen LogP contribution in [0.2, 0.25) is 0 Å². The highest BCUT2D eigenvalue weighted by Crippen LogP contribution is 2.17. The Balaban J connectivity index is 2.57. The molecule has 1 rings (SSSR count). The number of aliphatic hydroxyl groups excluding tert-OH is 1. The highest BCUT2D eigenvalue weighted by atomic mass is 16.4. The van der Waals surface area contributed by atoms with E-state index < -0.39 is 5.97 Å². The van der Waals surface area contributed by atoms with Crippen molar-refractivity contribution in [3.05, 3.63) is 35.9 Å². The minimum atomic E-state index is -0.766. The molecule has 2 unspecified atom stereocenters. The molecule has 0 aliphatic heterocycles. The molecule has 4 heteroatoms. The predicted octanol–water partition coefficient (Wildman–Crippen LogP) is 2.45. The fourth-order valence-corrected chi connectivity index (χ4v) is 2.43. The van der Waals surface area contributed by atoms with Crippen LogP contribution in [0.5, 0.6) is 0 Å². The van der Waals surface area contributed by atoms with Gasteiger partial charge >= 0.3 is 5.97 Å². The molecule has 0 aliphatic carbocycles. The van der Waals surface area contributed by atoms with Gasteiger partial charge in [0.2, 0.25) is 0 Å². The molecule has 2 atom stereocenters. The van der Waals surface area contributed by atoms with Crippen molar-refractivity contribution in [1.82, 2.24) is 5.32 Å². The van der Waals surface area contributed by atoms with Crippen molar-refractivity contribution in [1.29, 1.82) is 0 Å². The Morgan fingerprint density at radius 3 is 2.40 bits per heavy atom. The van der Waals surface area contributed by atoms with Gasteiger partial charge in [0.1, 0.15) is 0 Å². The molecular weight excluding hydrogens is 254 g/mol. The summed E-state index contributed by atoms with van der Waals surface area (Å²) in [6.07, 6.45) is 1.03. The molecule has 0 fully saturated rings. The Kier molecular flexibility index (Phi) is 7.26. The number of aliphatic carboxylic acids is 1. The monoisotopic (exact) mass is 279 g/mol. The Hall–Kier alpha value is -1.39. The zero-order valence-electron chi connectivity index (χ0n) is 12.2. The van der Waals surface area contributed by atoms with E-state index in [0.29, 0.717) is 12.5 Å². The minimum Gasteiger partial charge on any atom is -0.481 e. The molecule has 3 N–H and O–H groups in total. The minimum absolute atomic E-state index is 0.00544. The first-order chi connectivity index (χ1) is 9.52. The van der Waals surface area contributed by atoms with E-state index in [0.717, 1.165) is 12.0 Å². The number of benzene rings is 1. The molecule has 20 heavy (non-hydrogen) atoms. The van der Waals surface area contributed by atoms with E-state index in [-0.39, 0.29) is 25.0 Å². The van der Waals surface area contributed by atoms with Crippen LogP contribution in [0.1, 0.15) is 38.3 Å². The number of carboxylic acids is 1. The lowest BCUT2D eigenvalue weighted by molar-refractivity contribution is -0.138. The van der Waals surface area contributed by atoms with Crippen LogP contribution in [0.15, 0.2) is 30.3 Å². The number of rotatable bonds is 9. The van der Waals surface area contributed by atoms with Crippen molar-refractivity contribution in [2.24, 2.45) is 11.8 Å². The fraction of sp³-hybridized carbons (Fsp3) is 0.562. The van der Waals surface area contributed by atoms with Gasteiger partial charge in [0, 0.05) is 6.42 Å². The van der Waals surface area contributed by atoms with Gasteiger partial charge in [-0.1, -0.05) is 44.2 Å². The topological polar surface area (TPSA) is 69.6 Å². The molecular formula is C16H25NO3. The Morgan fingerprint density at radius 1 is 1.25 bits per heavy atom.